The zero-order chi connectivity index (χ0) is 28.6. The van der Waals surface area contributed by atoms with E-state index in [4.69, 9.17) is 4.74 Å². The number of ether oxygens (including phenoxy) is 1. The lowest BCUT2D eigenvalue weighted by Gasteiger charge is -2.36. The Morgan fingerprint density at radius 3 is 2.42 bits per heavy atom. The molecule has 3 aromatic heterocycles. The van der Waals surface area contributed by atoms with Crippen LogP contribution in [0.15, 0.2) is 18.6 Å². The van der Waals surface area contributed by atoms with Gasteiger partial charge in [-0.05, 0) is 26.7 Å². The molecule has 0 saturated carbocycles. The molecular weight excluding hydrogens is 515 g/mol. The van der Waals surface area contributed by atoms with Gasteiger partial charge in [0.25, 0.3) is 0 Å². The number of hydrogen-bond acceptors (Lipinski definition) is 10. The third kappa shape index (κ3) is 5.92. The number of hydrogen-bond donors (Lipinski definition) is 1. The number of aryl methyl sites for hydroxylation is 1. The number of carbonyl (C=O) groups excluding carboxylic acids is 1. The highest BCUT2D eigenvalue weighted by Gasteiger charge is 2.28. The number of amides is 1. The molecule has 1 fully saturated rings. The minimum atomic E-state index is -0.522. The molecular formula is C27H37FN10O2. The molecule has 1 saturated heterocycles. The van der Waals surface area contributed by atoms with Gasteiger partial charge in [-0.15, -0.1) is 0 Å². The number of fused-ring (bicyclic) bond motifs is 1. The van der Waals surface area contributed by atoms with Gasteiger partial charge in [0.05, 0.1) is 24.3 Å². The van der Waals surface area contributed by atoms with Crippen LogP contribution in [0.1, 0.15) is 57.5 Å². The normalized spacial score (nSPS) is 15.8. The molecule has 1 amide bonds. The summed E-state index contributed by atoms with van der Waals surface area (Å²) in [6.07, 6.45) is 4.86. The van der Waals surface area contributed by atoms with E-state index in [0.29, 0.717) is 56.8 Å². The number of carbonyl (C=O) groups is 1. The van der Waals surface area contributed by atoms with Gasteiger partial charge < -0.3 is 24.8 Å². The van der Waals surface area contributed by atoms with Gasteiger partial charge in [-0.2, -0.15) is 10.1 Å². The van der Waals surface area contributed by atoms with Gasteiger partial charge in [-0.25, -0.2) is 24.1 Å². The lowest BCUT2D eigenvalue weighted by molar-refractivity contribution is 0.0240. The van der Waals surface area contributed by atoms with Crippen molar-refractivity contribution in [2.45, 2.75) is 59.1 Å². The second kappa shape index (κ2) is 10.9. The molecule has 12 nitrogen and oxygen atoms in total. The standard InChI is InChI=1S/C27H37FN10O2/c1-17(2)23-18-16-38(8-7-20(18)34-35(23)6)24-19(28)13-31-25(33-24)32-21-14-30-22(15-29-21)36-9-11-37(12-10-36)26(39)40-27(3,4)5/h13-15,17H,7-12,16H2,1-6H3,(H,29,31,32,33). The van der Waals surface area contributed by atoms with Crippen LogP contribution in [0.25, 0.3) is 0 Å². The summed E-state index contributed by atoms with van der Waals surface area (Å²) < 4.78 is 22.3. The lowest BCUT2D eigenvalue weighted by atomic mass is 9.99. The summed E-state index contributed by atoms with van der Waals surface area (Å²) in [5.74, 6) is 1.47. The van der Waals surface area contributed by atoms with Crippen molar-refractivity contribution in [2.75, 3.05) is 47.8 Å². The Bertz CT molecular complexity index is 1360. The summed E-state index contributed by atoms with van der Waals surface area (Å²) in [7, 11) is 1.96. The Kier molecular flexibility index (Phi) is 7.47. The molecule has 0 atom stereocenters. The summed E-state index contributed by atoms with van der Waals surface area (Å²) in [4.78, 5) is 35.6. The van der Waals surface area contributed by atoms with Crippen LogP contribution in [0.3, 0.4) is 0 Å². The highest BCUT2D eigenvalue weighted by Crippen LogP contribution is 2.30. The predicted octanol–water partition coefficient (Wildman–Crippen LogP) is 3.63. The maximum atomic E-state index is 14.9. The Labute approximate surface area is 233 Å². The van der Waals surface area contributed by atoms with E-state index in [1.54, 1.807) is 17.3 Å². The average Bonchev–Trinajstić information content (AvgIpc) is 3.24. The van der Waals surface area contributed by atoms with Crippen LogP contribution in [-0.4, -0.2) is 79.0 Å². The first-order valence-corrected chi connectivity index (χ1v) is 13.6. The average molecular weight is 553 g/mol. The van der Waals surface area contributed by atoms with E-state index in [1.807, 2.05) is 37.4 Å². The summed E-state index contributed by atoms with van der Waals surface area (Å²) in [5.41, 5.74) is 2.85. The predicted molar refractivity (Wildman–Crippen MR) is 149 cm³/mol. The Hall–Kier alpha value is -4.03. The van der Waals surface area contributed by atoms with E-state index in [-0.39, 0.29) is 17.9 Å². The molecule has 3 aromatic rings. The Balaban J connectivity index is 1.22. The minimum absolute atomic E-state index is 0.241. The number of anilines is 4. The SMILES string of the molecule is CC(C)c1c2c(nn1C)CCN(c1nc(Nc3cnc(N4CCN(C(=O)OC(C)(C)C)CC4)cn3)ncc1F)C2. The van der Waals surface area contributed by atoms with Crippen molar-refractivity contribution < 1.29 is 13.9 Å². The van der Waals surface area contributed by atoms with E-state index in [1.165, 1.54) is 6.20 Å². The number of piperazine rings is 1. The number of aromatic nitrogens is 6. The van der Waals surface area contributed by atoms with E-state index < -0.39 is 11.4 Å². The second-order valence-electron chi connectivity index (χ2n) is 11.5. The van der Waals surface area contributed by atoms with Gasteiger partial charge in [-0.1, -0.05) is 13.8 Å². The third-order valence-electron chi connectivity index (χ3n) is 6.95. The van der Waals surface area contributed by atoms with Gasteiger partial charge in [0.15, 0.2) is 17.5 Å². The van der Waals surface area contributed by atoms with E-state index in [2.05, 4.69) is 49.1 Å². The van der Waals surface area contributed by atoms with Crippen LogP contribution < -0.4 is 15.1 Å². The number of nitrogens with one attached hydrogen (secondary N) is 1. The van der Waals surface area contributed by atoms with Crippen molar-refractivity contribution in [1.29, 1.82) is 0 Å². The molecule has 0 radical (unpaired) electrons. The molecule has 40 heavy (non-hydrogen) atoms. The topological polar surface area (TPSA) is 117 Å². The smallest absolute Gasteiger partial charge is 0.410 e. The fourth-order valence-corrected chi connectivity index (χ4v) is 5.17. The van der Waals surface area contributed by atoms with Crippen molar-refractivity contribution in [2.24, 2.45) is 7.05 Å². The van der Waals surface area contributed by atoms with Gasteiger partial charge in [0.1, 0.15) is 11.4 Å². The second-order valence-corrected chi connectivity index (χ2v) is 11.5. The molecule has 0 spiro atoms. The van der Waals surface area contributed by atoms with Gasteiger partial charge in [-0.3, -0.25) is 4.68 Å². The first kappa shape index (κ1) is 27.5. The molecule has 0 bridgehead atoms. The lowest BCUT2D eigenvalue weighted by Crippen LogP contribution is -2.50. The molecule has 13 heteroatoms. The summed E-state index contributed by atoms with van der Waals surface area (Å²) >= 11 is 0. The molecule has 214 valence electrons. The van der Waals surface area contributed by atoms with Crippen LogP contribution >= 0.6 is 0 Å². The van der Waals surface area contributed by atoms with Crippen LogP contribution in [0.4, 0.5) is 32.6 Å². The maximum absolute atomic E-state index is 14.9. The number of rotatable bonds is 5. The molecule has 5 heterocycles. The van der Waals surface area contributed by atoms with Crippen molar-refractivity contribution in [3.63, 3.8) is 0 Å². The highest BCUT2D eigenvalue weighted by molar-refractivity contribution is 5.68. The van der Waals surface area contributed by atoms with Gasteiger partial charge in [0.2, 0.25) is 5.95 Å². The van der Waals surface area contributed by atoms with E-state index in [0.717, 1.165) is 23.4 Å². The van der Waals surface area contributed by atoms with Crippen molar-refractivity contribution in [1.82, 2.24) is 34.6 Å². The zero-order valence-corrected chi connectivity index (χ0v) is 24.0. The number of halogens is 1. The molecule has 2 aliphatic heterocycles. The molecule has 2 aliphatic rings. The molecule has 0 unspecified atom stereocenters. The van der Waals surface area contributed by atoms with Gasteiger partial charge >= 0.3 is 6.09 Å². The fourth-order valence-electron chi connectivity index (χ4n) is 5.17. The van der Waals surface area contributed by atoms with E-state index >= 15 is 0 Å². The van der Waals surface area contributed by atoms with Crippen molar-refractivity contribution >= 4 is 29.5 Å². The van der Waals surface area contributed by atoms with Gasteiger partial charge in [0, 0.05) is 64.0 Å². The van der Waals surface area contributed by atoms with Crippen molar-refractivity contribution in [3.8, 4) is 0 Å². The molecule has 0 aromatic carbocycles. The van der Waals surface area contributed by atoms with Crippen LogP contribution in [0, 0.1) is 5.82 Å². The quantitative estimate of drug-likeness (QED) is 0.503. The van der Waals surface area contributed by atoms with Crippen molar-refractivity contribution in [3.05, 3.63) is 41.4 Å². The maximum Gasteiger partial charge on any atom is 0.410 e. The molecule has 5 rings (SSSR count). The van der Waals surface area contributed by atoms with Crippen LogP contribution in [0.5, 0.6) is 0 Å². The van der Waals surface area contributed by atoms with Crippen LogP contribution in [0.2, 0.25) is 0 Å². The van der Waals surface area contributed by atoms with E-state index in [9.17, 15) is 9.18 Å². The Morgan fingerprint density at radius 1 is 1.02 bits per heavy atom. The summed E-state index contributed by atoms with van der Waals surface area (Å²) in [6.45, 7) is 13.3. The first-order chi connectivity index (χ1) is 19.0. The molecule has 0 aliphatic carbocycles. The monoisotopic (exact) mass is 552 g/mol. The fraction of sp³-hybridized carbons (Fsp3) is 0.556. The summed E-state index contributed by atoms with van der Waals surface area (Å²) in [6, 6.07) is 0. The third-order valence-corrected chi connectivity index (χ3v) is 6.95. The summed E-state index contributed by atoms with van der Waals surface area (Å²) in [5, 5.41) is 7.71. The Morgan fingerprint density at radius 2 is 1.77 bits per heavy atom. The van der Waals surface area contributed by atoms with Crippen LogP contribution in [-0.2, 0) is 24.8 Å². The minimum Gasteiger partial charge on any atom is -0.444 e. The first-order valence-electron chi connectivity index (χ1n) is 13.6. The highest BCUT2D eigenvalue weighted by atomic mass is 19.1. The largest absolute Gasteiger partial charge is 0.444 e. The zero-order valence-electron chi connectivity index (χ0n) is 24.0. The molecule has 1 N–H and O–H groups in total. The number of nitrogens with zero attached hydrogens (tertiary/aromatic N) is 9.